The van der Waals surface area contributed by atoms with E-state index in [1.165, 1.54) is 0 Å². The fourth-order valence-electron chi connectivity index (χ4n) is 1.66. The van der Waals surface area contributed by atoms with Crippen LogP contribution in [0.1, 0.15) is 38.1 Å². The van der Waals surface area contributed by atoms with Gasteiger partial charge in [-0.2, -0.15) is 5.10 Å². The second-order valence-corrected chi connectivity index (χ2v) is 4.80. The molecule has 0 aromatic carbocycles. The van der Waals surface area contributed by atoms with E-state index >= 15 is 0 Å². The molecule has 0 unspecified atom stereocenters. The Morgan fingerprint density at radius 3 is 2.67 bits per heavy atom. The summed E-state index contributed by atoms with van der Waals surface area (Å²) < 4.78 is 1.62. The van der Waals surface area contributed by atoms with E-state index in [0.717, 1.165) is 17.8 Å². The summed E-state index contributed by atoms with van der Waals surface area (Å²) in [5.74, 6) is 0.759. The molecule has 2 N–H and O–H groups in total. The summed E-state index contributed by atoms with van der Waals surface area (Å²) in [4.78, 5) is 15.7. The first-order valence-corrected chi connectivity index (χ1v) is 6.28. The van der Waals surface area contributed by atoms with Gasteiger partial charge in [0.05, 0.1) is 5.69 Å². The molecular formula is C13H22N4O. The highest BCUT2D eigenvalue weighted by Crippen LogP contribution is 2.03. The lowest BCUT2D eigenvalue weighted by Crippen LogP contribution is -2.25. The van der Waals surface area contributed by atoms with Crippen molar-refractivity contribution in [3.8, 4) is 0 Å². The van der Waals surface area contributed by atoms with Crippen molar-refractivity contribution in [2.45, 2.75) is 40.5 Å². The van der Waals surface area contributed by atoms with E-state index in [0.29, 0.717) is 18.9 Å². The van der Waals surface area contributed by atoms with Crippen molar-refractivity contribution in [1.29, 1.82) is 0 Å². The monoisotopic (exact) mass is 250 g/mol. The van der Waals surface area contributed by atoms with Gasteiger partial charge in [-0.25, -0.2) is 4.68 Å². The van der Waals surface area contributed by atoms with Crippen molar-refractivity contribution < 1.29 is 4.79 Å². The molecule has 0 spiro atoms. The number of hydrogen-bond donors (Lipinski definition) is 1. The first kappa shape index (κ1) is 14.4. The van der Waals surface area contributed by atoms with Crippen LogP contribution in [0.4, 0.5) is 0 Å². The molecule has 0 aliphatic carbocycles. The van der Waals surface area contributed by atoms with Crippen LogP contribution >= 0.6 is 0 Å². The van der Waals surface area contributed by atoms with Gasteiger partial charge in [-0.15, -0.1) is 0 Å². The van der Waals surface area contributed by atoms with Gasteiger partial charge in [0.15, 0.2) is 0 Å². The van der Waals surface area contributed by atoms with Gasteiger partial charge in [-0.05, 0) is 26.3 Å². The quantitative estimate of drug-likeness (QED) is 0.491. The zero-order valence-electron chi connectivity index (χ0n) is 11.6. The Hall–Kier alpha value is -1.65. The topological polar surface area (TPSA) is 73.3 Å². The van der Waals surface area contributed by atoms with Crippen LogP contribution in [-0.4, -0.2) is 28.1 Å². The number of aliphatic imine (C=N–C) groups is 1. The standard InChI is InChI=1S/C13H22N4O/c1-9(2)12(18)6-5-7-15-13(14)17-11(4)8-10(3)16-17/h8-9H,5-7H2,1-4H3,(H2,14,15). The van der Waals surface area contributed by atoms with Crippen LogP contribution in [0.3, 0.4) is 0 Å². The number of nitrogens with zero attached hydrogens (tertiary/aromatic N) is 3. The summed E-state index contributed by atoms with van der Waals surface area (Å²) in [7, 11) is 0. The Morgan fingerprint density at radius 1 is 1.50 bits per heavy atom. The number of aromatic nitrogens is 2. The summed E-state index contributed by atoms with van der Waals surface area (Å²) in [5.41, 5.74) is 7.73. The largest absolute Gasteiger partial charge is 0.368 e. The molecule has 0 amide bonds. The lowest BCUT2D eigenvalue weighted by Gasteiger charge is -2.04. The molecular weight excluding hydrogens is 228 g/mol. The van der Waals surface area contributed by atoms with E-state index in [1.807, 2.05) is 33.8 Å². The lowest BCUT2D eigenvalue weighted by molar-refractivity contribution is -0.121. The highest BCUT2D eigenvalue weighted by Gasteiger charge is 2.07. The van der Waals surface area contributed by atoms with Crippen LogP contribution < -0.4 is 5.73 Å². The molecule has 5 nitrogen and oxygen atoms in total. The first-order chi connectivity index (χ1) is 8.41. The normalized spacial score (nSPS) is 12.2. The van der Waals surface area contributed by atoms with Crippen LogP contribution in [0.15, 0.2) is 11.1 Å². The van der Waals surface area contributed by atoms with Gasteiger partial charge in [0.1, 0.15) is 5.78 Å². The maximum atomic E-state index is 11.4. The van der Waals surface area contributed by atoms with Crippen LogP contribution in [0.5, 0.6) is 0 Å². The molecule has 0 saturated heterocycles. The molecule has 1 rings (SSSR count). The third-order valence-corrected chi connectivity index (χ3v) is 2.73. The smallest absolute Gasteiger partial charge is 0.216 e. The van der Waals surface area contributed by atoms with Crippen LogP contribution in [0.2, 0.25) is 0 Å². The van der Waals surface area contributed by atoms with Crippen molar-refractivity contribution in [1.82, 2.24) is 9.78 Å². The maximum Gasteiger partial charge on any atom is 0.216 e. The summed E-state index contributed by atoms with van der Waals surface area (Å²) in [6.45, 7) is 8.23. The Morgan fingerprint density at radius 2 is 2.17 bits per heavy atom. The van der Waals surface area contributed by atoms with Gasteiger partial charge in [0.25, 0.3) is 0 Å². The number of rotatable bonds is 5. The Labute approximate surface area is 108 Å². The fraction of sp³-hybridized carbons (Fsp3) is 0.615. The van der Waals surface area contributed by atoms with E-state index < -0.39 is 0 Å². The fourth-order valence-corrected chi connectivity index (χ4v) is 1.66. The average Bonchev–Trinajstić information content (AvgIpc) is 2.63. The third-order valence-electron chi connectivity index (χ3n) is 2.73. The van der Waals surface area contributed by atoms with E-state index in [4.69, 9.17) is 5.73 Å². The molecule has 0 aliphatic rings. The Balaban J connectivity index is 2.48. The zero-order chi connectivity index (χ0) is 13.7. The van der Waals surface area contributed by atoms with Crippen molar-refractivity contribution in [3.05, 3.63) is 17.5 Å². The molecule has 0 radical (unpaired) electrons. The molecule has 18 heavy (non-hydrogen) atoms. The molecule has 1 heterocycles. The number of nitrogens with two attached hydrogens (primary N) is 1. The van der Waals surface area contributed by atoms with Crippen LogP contribution in [-0.2, 0) is 4.79 Å². The lowest BCUT2D eigenvalue weighted by atomic mass is 10.1. The van der Waals surface area contributed by atoms with Crippen LogP contribution in [0.25, 0.3) is 0 Å². The minimum absolute atomic E-state index is 0.0994. The number of aryl methyl sites for hydroxylation is 2. The summed E-state index contributed by atoms with van der Waals surface area (Å²) in [6.07, 6.45) is 1.29. The Kier molecular flexibility index (Phi) is 5.07. The number of ketones is 1. The van der Waals surface area contributed by atoms with Gasteiger partial charge in [0, 0.05) is 24.6 Å². The van der Waals surface area contributed by atoms with E-state index in [1.54, 1.807) is 4.68 Å². The predicted octanol–water partition coefficient (Wildman–Crippen LogP) is 1.67. The second kappa shape index (κ2) is 6.33. The summed E-state index contributed by atoms with van der Waals surface area (Å²) >= 11 is 0. The van der Waals surface area contributed by atoms with Gasteiger partial charge in [0.2, 0.25) is 5.96 Å². The van der Waals surface area contributed by atoms with Crippen LogP contribution in [0, 0.1) is 19.8 Å². The van der Waals surface area contributed by atoms with E-state index in [2.05, 4.69) is 10.1 Å². The molecule has 0 aliphatic heterocycles. The molecule has 0 saturated carbocycles. The molecule has 1 aromatic heterocycles. The molecule has 5 heteroatoms. The Bertz CT molecular complexity index is 446. The summed E-state index contributed by atoms with van der Waals surface area (Å²) in [5, 5.41) is 4.25. The number of Topliss-reactive ketones (excluding diaryl/α,β-unsaturated/α-hetero) is 1. The van der Waals surface area contributed by atoms with Gasteiger partial charge in [-0.3, -0.25) is 9.79 Å². The number of carbonyl (C=O) groups is 1. The van der Waals surface area contributed by atoms with Crippen molar-refractivity contribution in [3.63, 3.8) is 0 Å². The molecule has 0 atom stereocenters. The molecule has 100 valence electrons. The summed E-state index contributed by atoms with van der Waals surface area (Å²) in [6, 6.07) is 1.95. The van der Waals surface area contributed by atoms with Crippen molar-refractivity contribution >= 4 is 11.7 Å². The highest BCUT2D eigenvalue weighted by molar-refractivity contribution is 5.81. The van der Waals surface area contributed by atoms with Crippen molar-refractivity contribution in [2.75, 3.05) is 6.54 Å². The minimum atomic E-state index is 0.0994. The number of hydrogen-bond acceptors (Lipinski definition) is 3. The third kappa shape index (κ3) is 3.98. The molecule has 0 bridgehead atoms. The highest BCUT2D eigenvalue weighted by atomic mass is 16.1. The van der Waals surface area contributed by atoms with Gasteiger partial charge < -0.3 is 5.73 Å². The van der Waals surface area contributed by atoms with Crippen molar-refractivity contribution in [2.24, 2.45) is 16.6 Å². The van der Waals surface area contributed by atoms with E-state index in [9.17, 15) is 4.79 Å². The number of carbonyl (C=O) groups excluding carboxylic acids is 1. The zero-order valence-corrected chi connectivity index (χ0v) is 11.6. The molecule has 1 aromatic rings. The molecule has 0 fully saturated rings. The second-order valence-electron chi connectivity index (χ2n) is 4.80. The maximum absolute atomic E-state index is 11.4. The van der Waals surface area contributed by atoms with Gasteiger partial charge in [-0.1, -0.05) is 13.8 Å². The average molecular weight is 250 g/mol. The minimum Gasteiger partial charge on any atom is -0.368 e. The van der Waals surface area contributed by atoms with Gasteiger partial charge >= 0.3 is 0 Å². The first-order valence-electron chi connectivity index (χ1n) is 6.28. The predicted molar refractivity (Wildman–Crippen MR) is 72.7 cm³/mol. The SMILES string of the molecule is Cc1cc(C)n(C(N)=NCCCC(=O)C(C)C)n1. The van der Waals surface area contributed by atoms with E-state index in [-0.39, 0.29) is 11.7 Å².